The summed E-state index contributed by atoms with van der Waals surface area (Å²) in [5.74, 6) is 0. The molecule has 13 heavy (non-hydrogen) atoms. The van der Waals surface area contributed by atoms with Gasteiger partial charge in [-0.1, -0.05) is 29.8 Å². The second kappa shape index (κ2) is 4.72. The minimum Gasteiger partial charge on any atom is -0.341 e. The summed E-state index contributed by atoms with van der Waals surface area (Å²) in [5.41, 5.74) is 0.910. The van der Waals surface area contributed by atoms with E-state index in [0.29, 0.717) is 11.6 Å². The van der Waals surface area contributed by atoms with Crippen LogP contribution in [0.4, 0.5) is 4.79 Å². The Bertz CT molecular complexity index is 301. The number of halogens is 1. The van der Waals surface area contributed by atoms with Crippen LogP contribution in [-0.2, 0) is 6.54 Å². The monoisotopic (exact) mass is 198 g/mol. The zero-order valence-corrected chi connectivity index (χ0v) is 8.06. The molecule has 3 nitrogen and oxygen atoms in total. The van der Waals surface area contributed by atoms with Crippen molar-refractivity contribution in [3.8, 4) is 0 Å². The van der Waals surface area contributed by atoms with Crippen LogP contribution in [0.3, 0.4) is 0 Å². The van der Waals surface area contributed by atoms with E-state index < -0.39 is 0 Å². The Kier molecular flexibility index (Phi) is 3.58. The highest BCUT2D eigenvalue weighted by Crippen LogP contribution is 2.13. The summed E-state index contributed by atoms with van der Waals surface area (Å²) >= 11 is 5.88. The van der Waals surface area contributed by atoms with Crippen LogP contribution in [0.2, 0.25) is 5.02 Å². The van der Waals surface area contributed by atoms with Crippen LogP contribution in [0.1, 0.15) is 5.56 Å². The van der Waals surface area contributed by atoms with Crippen LogP contribution in [0.25, 0.3) is 0 Å². The largest absolute Gasteiger partial charge is 0.341 e. The molecule has 0 aliphatic heterocycles. The summed E-state index contributed by atoms with van der Waals surface area (Å²) in [6, 6.07) is 7.19. The van der Waals surface area contributed by atoms with Gasteiger partial charge in [-0.25, -0.2) is 4.79 Å². The fraction of sp³-hybridized carbons (Fsp3) is 0.222. The number of benzene rings is 1. The molecule has 0 unspecified atom stereocenters. The lowest BCUT2D eigenvalue weighted by Gasteiger charge is -2.05. The lowest BCUT2D eigenvalue weighted by Crippen LogP contribution is -2.32. The molecule has 0 saturated carbocycles. The first-order chi connectivity index (χ1) is 6.24. The molecule has 0 heterocycles. The second-order valence-corrected chi connectivity index (χ2v) is 2.93. The molecule has 1 rings (SSSR count). The molecule has 0 aliphatic rings. The summed E-state index contributed by atoms with van der Waals surface area (Å²) in [6.45, 7) is 0.444. The summed E-state index contributed by atoms with van der Waals surface area (Å²) in [7, 11) is 1.57. The van der Waals surface area contributed by atoms with Crippen molar-refractivity contribution in [1.29, 1.82) is 0 Å². The highest BCUT2D eigenvalue weighted by molar-refractivity contribution is 6.31. The fourth-order valence-corrected chi connectivity index (χ4v) is 1.11. The van der Waals surface area contributed by atoms with Gasteiger partial charge >= 0.3 is 6.03 Å². The molecule has 2 amide bonds. The van der Waals surface area contributed by atoms with Gasteiger partial charge < -0.3 is 10.6 Å². The number of hydrogen-bond donors (Lipinski definition) is 2. The molecule has 1 aromatic carbocycles. The van der Waals surface area contributed by atoms with E-state index in [0.717, 1.165) is 5.56 Å². The topological polar surface area (TPSA) is 41.1 Å². The van der Waals surface area contributed by atoms with Gasteiger partial charge in [0.1, 0.15) is 0 Å². The van der Waals surface area contributed by atoms with E-state index in [4.69, 9.17) is 11.6 Å². The average molecular weight is 199 g/mol. The molecule has 0 radical (unpaired) electrons. The van der Waals surface area contributed by atoms with Gasteiger partial charge in [0.15, 0.2) is 0 Å². The maximum atomic E-state index is 10.8. The maximum absolute atomic E-state index is 10.8. The average Bonchev–Trinajstić information content (AvgIpc) is 2.16. The maximum Gasteiger partial charge on any atom is 0.314 e. The number of nitrogens with one attached hydrogen (secondary N) is 2. The third kappa shape index (κ3) is 2.95. The normalized spacial score (nSPS) is 9.38. The van der Waals surface area contributed by atoms with Gasteiger partial charge in [0.25, 0.3) is 0 Å². The van der Waals surface area contributed by atoms with E-state index in [9.17, 15) is 4.79 Å². The molecular formula is C9H11ClN2O. The first kappa shape index (κ1) is 9.86. The standard InChI is InChI=1S/C9H11ClN2O/c1-11-9(13)12-6-7-4-2-3-5-8(7)10/h2-5H,6H2,1H3,(H2,11,12,13). The van der Waals surface area contributed by atoms with Crippen LogP contribution in [0.15, 0.2) is 24.3 Å². The third-order valence-electron chi connectivity index (χ3n) is 1.62. The van der Waals surface area contributed by atoms with Gasteiger partial charge in [-0.15, -0.1) is 0 Å². The van der Waals surface area contributed by atoms with Crippen LogP contribution < -0.4 is 10.6 Å². The number of carbonyl (C=O) groups excluding carboxylic acids is 1. The molecule has 0 aliphatic carbocycles. The van der Waals surface area contributed by atoms with Crippen molar-refractivity contribution in [2.45, 2.75) is 6.54 Å². The number of urea groups is 1. The number of carbonyl (C=O) groups is 1. The second-order valence-electron chi connectivity index (χ2n) is 2.52. The fourth-order valence-electron chi connectivity index (χ4n) is 0.906. The molecule has 1 aromatic rings. The van der Waals surface area contributed by atoms with Gasteiger partial charge in [0.05, 0.1) is 0 Å². The number of hydrogen-bond acceptors (Lipinski definition) is 1. The SMILES string of the molecule is CNC(=O)NCc1ccccc1Cl. The van der Waals surface area contributed by atoms with E-state index in [-0.39, 0.29) is 6.03 Å². The molecule has 0 aromatic heterocycles. The molecule has 0 saturated heterocycles. The first-order valence-corrected chi connectivity index (χ1v) is 4.31. The van der Waals surface area contributed by atoms with Crippen molar-refractivity contribution in [3.05, 3.63) is 34.9 Å². The number of rotatable bonds is 2. The van der Waals surface area contributed by atoms with Crippen molar-refractivity contribution in [2.24, 2.45) is 0 Å². The number of amides is 2. The summed E-state index contributed by atoms with van der Waals surface area (Å²) in [5, 5.41) is 5.78. The van der Waals surface area contributed by atoms with E-state index in [1.165, 1.54) is 0 Å². The van der Waals surface area contributed by atoms with Crippen molar-refractivity contribution >= 4 is 17.6 Å². The lowest BCUT2D eigenvalue weighted by atomic mass is 10.2. The summed E-state index contributed by atoms with van der Waals surface area (Å²) < 4.78 is 0. The molecular weight excluding hydrogens is 188 g/mol. The Morgan fingerprint density at radius 1 is 1.46 bits per heavy atom. The zero-order chi connectivity index (χ0) is 9.68. The highest BCUT2D eigenvalue weighted by Gasteiger charge is 2.00. The predicted molar refractivity (Wildman–Crippen MR) is 52.7 cm³/mol. The van der Waals surface area contributed by atoms with Crippen LogP contribution in [0, 0.1) is 0 Å². The minimum absolute atomic E-state index is 0.208. The van der Waals surface area contributed by atoms with E-state index in [2.05, 4.69) is 10.6 Å². The predicted octanol–water partition coefficient (Wildman–Crippen LogP) is 1.77. The third-order valence-corrected chi connectivity index (χ3v) is 1.99. The van der Waals surface area contributed by atoms with Crippen LogP contribution in [0.5, 0.6) is 0 Å². The van der Waals surface area contributed by atoms with Crippen LogP contribution >= 0.6 is 11.6 Å². The molecule has 4 heteroatoms. The summed E-state index contributed by atoms with van der Waals surface area (Å²) in [4.78, 5) is 10.8. The van der Waals surface area contributed by atoms with Crippen molar-refractivity contribution < 1.29 is 4.79 Å². The zero-order valence-electron chi connectivity index (χ0n) is 7.30. The molecule has 0 bridgehead atoms. The van der Waals surface area contributed by atoms with Crippen molar-refractivity contribution in [1.82, 2.24) is 10.6 Å². The lowest BCUT2D eigenvalue weighted by molar-refractivity contribution is 0.242. The van der Waals surface area contributed by atoms with E-state index >= 15 is 0 Å². The Labute approximate surface area is 82.1 Å². The van der Waals surface area contributed by atoms with Gasteiger partial charge in [0, 0.05) is 18.6 Å². The van der Waals surface area contributed by atoms with Crippen molar-refractivity contribution in [3.63, 3.8) is 0 Å². The van der Waals surface area contributed by atoms with Gasteiger partial charge in [-0.3, -0.25) is 0 Å². The Morgan fingerprint density at radius 2 is 2.15 bits per heavy atom. The van der Waals surface area contributed by atoms with Gasteiger partial charge in [-0.05, 0) is 11.6 Å². The highest BCUT2D eigenvalue weighted by atomic mass is 35.5. The molecule has 70 valence electrons. The van der Waals surface area contributed by atoms with Crippen molar-refractivity contribution in [2.75, 3.05) is 7.05 Å². The Hall–Kier alpha value is -1.22. The van der Waals surface area contributed by atoms with E-state index in [1.54, 1.807) is 13.1 Å². The van der Waals surface area contributed by atoms with Gasteiger partial charge in [0.2, 0.25) is 0 Å². The minimum atomic E-state index is -0.208. The van der Waals surface area contributed by atoms with Crippen LogP contribution in [-0.4, -0.2) is 13.1 Å². The molecule has 0 atom stereocenters. The summed E-state index contributed by atoms with van der Waals surface area (Å²) in [6.07, 6.45) is 0. The molecule has 0 spiro atoms. The van der Waals surface area contributed by atoms with Gasteiger partial charge in [-0.2, -0.15) is 0 Å². The Morgan fingerprint density at radius 3 is 2.77 bits per heavy atom. The Balaban J connectivity index is 2.54. The molecule has 2 N–H and O–H groups in total. The quantitative estimate of drug-likeness (QED) is 0.747. The first-order valence-electron chi connectivity index (χ1n) is 3.93. The van der Waals surface area contributed by atoms with E-state index in [1.807, 2.05) is 18.2 Å². The molecule has 0 fully saturated rings. The smallest absolute Gasteiger partial charge is 0.314 e.